The van der Waals surface area contributed by atoms with Gasteiger partial charge in [0.1, 0.15) is 4.88 Å². The summed E-state index contributed by atoms with van der Waals surface area (Å²) in [5.41, 5.74) is -5.62. The molecule has 30 heavy (non-hydrogen) atoms. The lowest BCUT2D eigenvalue weighted by atomic mass is 9.53. The number of fused-ring (bicyclic) bond motifs is 6. The third kappa shape index (κ3) is 2.00. The van der Waals surface area contributed by atoms with E-state index in [9.17, 15) is 31.1 Å². The number of thiophene rings is 1. The normalized spacial score (nSPS) is 38.0. The Balaban J connectivity index is 1.33. The Kier molecular flexibility index (Phi) is 3.96. The lowest BCUT2D eigenvalue weighted by molar-refractivity contribution is -0.449. The van der Waals surface area contributed by atoms with Crippen LogP contribution in [0.25, 0.3) is 10.1 Å². The van der Waals surface area contributed by atoms with Crippen molar-refractivity contribution in [1.82, 2.24) is 5.43 Å². The summed E-state index contributed by atoms with van der Waals surface area (Å²) in [6, 6.07) is 7.05. The van der Waals surface area contributed by atoms with E-state index >= 15 is 0 Å². The zero-order chi connectivity index (χ0) is 21.7. The summed E-state index contributed by atoms with van der Waals surface area (Å²) < 4.78 is 85.5. The maximum Gasteiger partial charge on any atom is 0.350 e. The van der Waals surface area contributed by atoms with E-state index in [0.29, 0.717) is 5.39 Å². The molecule has 1 aromatic carbocycles. The zero-order valence-electron chi connectivity index (χ0n) is 14.9. The van der Waals surface area contributed by atoms with Crippen molar-refractivity contribution in [2.45, 2.75) is 36.0 Å². The predicted molar refractivity (Wildman–Crippen MR) is 100 cm³/mol. The monoisotopic (exact) mass is 466 g/mol. The van der Waals surface area contributed by atoms with Crippen LogP contribution in [0.15, 0.2) is 29.4 Å². The van der Waals surface area contributed by atoms with Crippen LogP contribution in [0.4, 0.5) is 26.3 Å². The summed E-state index contributed by atoms with van der Waals surface area (Å²) in [5, 5.41) is 4.59. The number of hydrogen-bond donors (Lipinski definition) is 1. The molecular formula is C19H13ClF6N2OS. The van der Waals surface area contributed by atoms with E-state index in [1.165, 1.54) is 0 Å². The molecule has 3 aliphatic carbocycles. The van der Waals surface area contributed by atoms with E-state index in [-0.39, 0.29) is 16.3 Å². The number of halogens is 7. The van der Waals surface area contributed by atoms with E-state index in [2.05, 4.69) is 10.5 Å². The zero-order valence-corrected chi connectivity index (χ0v) is 16.5. The van der Waals surface area contributed by atoms with Crippen LogP contribution in [0.1, 0.15) is 22.5 Å². The Morgan fingerprint density at radius 1 is 1.10 bits per heavy atom. The molecule has 5 rings (SSSR count). The molecule has 1 amide bonds. The van der Waals surface area contributed by atoms with Gasteiger partial charge in [-0.1, -0.05) is 29.8 Å². The van der Waals surface area contributed by atoms with Crippen molar-refractivity contribution in [1.29, 1.82) is 0 Å². The predicted octanol–water partition coefficient (Wildman–Crippen LogP) is 5.63. The maximum atomic E-state index is 14.9. The fourth-order valence-electron chi connectivity index (χ4n) is 5.33. The maximum absolute atomic E-state index is 14.9. The largest absolute Gasteiger partial charge is 0.350 e. The Bertz CT molecular complexity index is 1110. The second-order valence-electron chi connectivity index (χ2n) is 7.97. The summed E-state index contributed by atoms with van der Waals surface area (Å²) in [7, 11) is 0. The lowest BCUT2D eigenvalue weighted by Gasteiger charge is -2.61. The first-order valence-electron chi connectivity index (χ1n) is 9.12. The second-order valence-corrected chi connectivity index (χ2v) is 9.40. The highest BCUT2D eigenvalue weighted by molar-refractivity contribution is 7.21. The molecule has 0 saturated heterocycles. The van der Waals surface area contributed by atoms with Gasteiger partial charge in [-0.15, -0.1) is 11.3 Å². The summed E-state index contributed by atoms with van der Waals surface area (Å²) >= 11 is 7.32. The number of carbonyl (C=O) groups is 1. The van der Waals surface area contributed by atoms with E-state index in [0.717, 1.165) is 22.3 Å². The Morgan fingerprint density at radius 3 is 2.47 bits per heavy atom. The van der Waals surface area contributed by atoms with Gasteiger partial charge in [0.05, 0.1) is 5.02 Å². The highest BCUT2D eigenvalue weighted by atomic mass is 35.5. The van der Waals surface area contributed by atoms with Gasteiger partial charge in [-0.05, 0) is 18.9 Å². The van der Waals surface area contributed by atoms with Gasteiger partial charge in [0, 0.05) is 34.1 Å². The number of carbonyl (C=O) groups excluding carboxylic acids is 1. The minimum atomic E-state index is -5.09. The Morgan fingerprint density at radius 2 is 1.77 bits per heavy atom. The third-order valence-electron chi connectivity index (χ3n) is 6.70. The molecule has 5 atom stereocenters. The quantitative estimate of drug-likeness (QED) is 0.356. The van der Waals surface area contributed by atoms with Crippen LogP contribution in [0.5, 0.6) is 0 Å². The number of hydrogen-bond acceptors (Lipinski definition) is 3. The van der Waals surface area contributed by atoms with Gasteiger partial charge in [0.25, 0.3) is 5.91 Å². The molecule has 3 fully saturated rings. The van der Waals surface area contributed by atoms with Crippen molar-refractivity contribution >= 4 is 45.1 Å². The Hall–Kier alpha value is -1.81. The van der Waals surface area contributed by atoms with Gasteiger partial charge in [-0.25, -0.2) is 14.2 Å². The van der Waals surface area contributed by atoms with Gasteiger partial charge < -0.3 is 0 Å². The van der Waals surface area contributed by atoms with Crippen LogP contribution < -0.4 is 5.43 Å². The van der Waals surface area contributed by atoms with Crippen LogP contribution in [-0.4, -0.2) is 35.3 Å². The summed E-state index contributed by atoms with van der Waals surface area (Å²) in [4.78, 5) is 12.5. The second kappa shape index (κ2) is 5.91. The number of hydrazone groups is 1. The molecule has 0 unspecified atom stereocenters. The number of alkyl halides is 6. The highest BCUT2D eigenvalue weighted by Crippen LogP contribution is 2.81. The van der Waals surface area contributed by atoms with Crippen molar-refractivity contribution in [3.63, 3.8) is 0 Å². The van der Waals surface area contributed by atoms with Crippen LogP contribution >= 0.6 is 22.9 Å². The highest BCUT2D eigenvalue weighted by Gasteiger charge is 3.03. The van der Waals surface area contributed by atoms with Crippen LogP contribution in [-0.2, 0) is 0 Å². The number of benzene rings is 1. The number of amides is 1. The van der Waals surface area contributed by atoms with Gasteiger partial charge in [0.15, 0.2) is 0 Å². The van der Waals surface area contributed by atoms with Crippen LogP contribution in [0.3, 0.4) is 0 Å². The summed E-state index contributed by atoms with van der Waals surface area (Å²) in [6.07, 6.45) is 0.351. The van der Waals surface area contributed by atoms with E-state index in [4.69, 9.17) is 11.6 Å². The van der Waals surface area contributed by atoms with E-state index in [1.54, 1.807) is 24.3 Å². The lowest BCUT2D eigenvalue weighted by Crippen LogP contribution is -2.88. The van der Waals surface area contributed by atoms with Crippen molar-refractivity contribution in [3.8, 4) is 0 Å². The molecule has 0 spiro atoms. The fraction of sp³-hybridized carbons (Fsp3) is 0.474. The summed E-state index contributed by atoms with van der Waals surface area (Å²) in [5.74, 6) is -15.0. The first kappa shape index (κ1) is 20.1. The SMILES string of the molecule is O=C(N/N=C\[C@@H]1C[C@@H]2C[C@@H]1[C@@]1(F)C(F)(F)C(F)(F)[C@@]21F)c1sc2ccccc2c1Cl. The summed E-state index contributed by atoms with van der Waals surface area (Å²) in [6.45, 7) is 0. The van der Waals surface area contributed by atoms with Gasteiger partial charge in [-0.3, -0.25) is 4.79 Å². The molecule has 2 bridgehead atoms. The van der Waals surface area contributed by atoms with Gasteiger partial charge >= 0.3 is 11.8 Å². The molecule has 11 heteroatoms. The smallest absolute Gasteiger partial charge is 0.266 e. The number of nitrogens with one attached hydrogen (secondary N) is 1. The molecular weight excluding hydrogens is 454 g/mol. The van der Waals surface area contributed by atoms with E-state index < -0.39 is 53.3 Å². The molecule has 1 N–H and O–H groups in total. The minimum Gasteiger partial charge on any atom is -0.266 e. The fourth-order valence-corrected chi connectivity index (χ4v) is 6.73. The van der Waals surface area contributed by atoms with Gasteiger partial charge in [0.2, 0.25) is 11.3 Å². The molecule has 3 nitrogen and oxygen atoms in total. The Labute approximate surface area is 175 Å². The number of rotatable bonds is 3. The molecule has 1 heterocycles. The average Bonchev–Trinajstić information content (AvgIpc) is 3.33. The third-order valence-corrected chi connectivity index (χ3v) is 8.37. The van der Waals surface area contributed by atoms with Crippen molar-refractivity contribution in [3.05, 3.63) is 34.2 Å². The van der Waals surface area contributed by atoms with Crippen molar-refractivity contribution in [2.75, 3.05) is 0 Å². The molecule has 0 radical (unpaired) electrons. The molecule has 3 saturated carbocycles. The van der Waals surface area contributed by atoms with Crippen molar-refractivity contribution < 1.29 is 31.1 Å². The molecule has 3 aliphatic rings. The molecule has 0 aliphatic heterocycles. The average molecular weight is 467 g/mol. The number of nitrogens with zero attached hydrogens (tertiary/aromatic N) is 1. The molecule has 160 valence electrons. The van der Waals surface area contributed by atoms with E-state index in [1.807, 2.05) is 0 Å². The first-order valence-corrected chi connectivity index (χ1v) is 10.3. The van der Waals surface area contributed by atoms with Crippen molar-refractivity contribution in [2.24, 2.45) is 22.9 Å². The van der Waals surface area contributed by atoms with Crippen LogP contribution in [0.2, 0.25) is 5.02 Å². The molecule has 1 aromatic heterocycles. The molecule has 2 aromatic rings. The minimum absolute atomic E-state index is 0.179. The topological polar surface area (TPSA) is 41.5 Å². The van der Waals surface area contributed by atoms with Crippen LogP contribution in [0, 0.1) is 17.8 Å². The van der Waals surface area contributed by atoms with Gasteiger partial charge in [-0.2, -0.15) is 22.7 Å². The first-order chi connectivity index (χ1) is 14.0. The standard InChI is InChI=1S/C19H13ClF6N2OS/c20-13-10-3-1-2-4-12(10)30-14(13)15(29)28-27-7-8-5-9-6-11(8)17(22)16(9,21)18(23,24)19(17,25)26/h1-4,7-9,11H,5-6H2,(H,28,29)/b27-7-/t8-,9+,11-,16+,17-/m0/s1.